The lowest BCUT2D eigenvalue weighted by molar-refractivity contribution is -0.141. The monoisotopic (exact) mass is 575 g/mol. The second-order valence-corrected chi connectivity index (χ2v) is 10.4. The standard InChI is InChI=1S/C24H37N3O11S/c1-18(28)35-13-10-27(11-14-36-19(2)29)24(31)37-16-15-34-12-9-25-39(32,33)26-23(30)38-17-22-20-7-5-3-4-6-8-21(20)22/h20-22,25H,5-17H2,1-2H3,(H,26,30)/t20-,21+,22-. The van der Waals surface area contributed by atoms with Crippen LogP contribution in [-0.4, -0.2) is 96.7 Å². The maximum atomic E-state index is 12.2. The quantitative estimate of drug-likeness (QED) is 0.114. The van der Waals surface area contributed by atoms with Crippen LogP contribution < -0.4 is 9.44 Å². The van der Waals surface area contributed by atoms with Gasteiger partial charge in [0, 0.05) is 33.2 Å². The molecule has 0 aromatic carbocycles. The Balaban J connectivity index is 1.56. The number of hydrogen-bond donors (Lipinski definition) is 2. The van der Waals surface area contributed by atoms with Gasteiger partial charge in [-0.2, -0.15) is 13.1 Å². The lowest BCUT2D eigenvalue weighted by atomic mass is 10.1. The Morgan fingerprint density at radius 3 is 1.97 bits per heavy atom. The third-order valence-electron chi connectivity index (χ3n) is 6.05. The fourth-order valence-corrected chi connectivity index (χ4v) is 4.86. The van der Waals surface area contributed by atoms with Crippen molar-refractivity contribution >= 4 is 34.3 Å². The second-order valence-electron chi connectivity index (χ2n) is 8.91. The molecule has 220 valence electrons. The molecule has 39 heavy (non-hydrogen) atoms. The molecule has 2 aliphatic rings. The first kappa shape index (κ1) is 32.1. The summed E-state index contributed by atoms with van der Waals surface area (Å²) in [5, 5.41) is 0. The number of fused-ring (bicyclic) bond motifs is 1. The average Bonchev–Trinajstić information content (AvgIpc) is 3.49. The molecule has 0 saturated heterocycles. The highest BCUT2D eigenvalue weighted by Crippen LogP contribution is 2.52. The minimum absolute atomic E-state index is 0.0283. The van der Waals surface area contributed by atoms with E-state index in [4.69, 9.17) is 23.7 Å². The van der Waals surface area contributed by atoms with Crippen molar-refractivity contribution in [3.05, 3.63) is 0 Å². The molecule has 3 atom stereocenters. The molecule has 2 amide bonds. The van der Waals surface area contributed by atoms with Crippen LogP contribution in [-0.2, 0) is 43.5 Å². The molecule has 2 N–H and O–H groups in total. The summed E-state index contributed by atoms with van der Waals surface area (Å²) in [7, 11) is -4.13. The Labute approximate surface area is 228 Å². The lowest BCUT2D eigenvalue weighted by Crippen LogP contribution is -2.42. The molecule has 0 spiro atoms. The van der Waals surface area contributed by atoms with Crippen LogP contribution in [0.5, 0.6) is 0 Å². The highest BCUT2D eigenvalue weighted by molar-refractivity contribution is 7.88. The molecule has 0 radical (unpaired) electrons. The number of rotatable bonds is 16. The zero-order chi connectivity index (χ0) is 28.7. The van der Waals surface area contributed by atoms with E-state index in [-0.39, 0.29) is 65.2 Å². The third kappa shape index (κ3) is 13.5. The van der Waals surface area contributed by atoms with Gasteiger partial charge >= 0.3 is 34.3 Å². The number of hydrogen-bond acceptors (Lipinski definition) is 11. The van der Waals surface area contributed by atoms with Crippen LogP contribution in [0.15, 0.2) is 0 Å². The van der Waals surface area contributed by atoms with Gasteiger partial charge in [0.05, 0.1) is 32.9 Å². The molecular weight excluding hydrogens is 538 g/mol. The van der Waals surface area contributed by atoms with E-state index in [1.54, 1.807) is 4.72 Å². The van der Waals surface area contributed by atoms with Gasteiger partial charge in [0.1, 0.15) is 19.8 Å². The molecule has 1 fully saturated rings. The van der Waals surface area contributed by atoms with E-state index in [1.165, 1.54) is 18.7 Å². The molecule has 14 nitrogen and oxygen atoms in total. The fraction of sp³-hybridized carbons (Fsp3) is 0.750. The number of nitrogens with one attached hydrogen (secondary N) is 2. The summed E-state index contributed by atoms with van der Waals surface area (Å²) in [5.74, 6) is 6.40. The third-order valence-corrected chi connectivity index (χ3v) is 7.07. The number of amides is 2. The van der Waals surface area contributed by atoms with E-state index in [1.807, 2.05) is 0 Å². The summed E-state index contributed by atoms with van der Waals surface area (Å²) >= 11 is 0. The Kier molecular flexibility index (Phi) is 13.8. The molecular formula is C24H37N3O11S. The van der Waals surface area contributed by atoms with E-state index in [0.717, 1.165) is 25.7 Å². The van der Waals surface area contributed by atoms with Crippen LogP contribution in [0.4, 0.5) is 9.59 Å². The minimum atomic E-state index is -4.13. The van der Waals surface area contributed by atoms with Crippen LogP contribution in [0.2, 0.25) is 0 Å². The van der Waals surface area contributed by atoms with Crippen LogP contribution in [0.1, 0.15) is 39.5 Å². The molecule has 0 aromatic rings. The molecule has 2 rings (SSSR count). The summed E-state index contributed by atoms with van der Waals surface area (Å²) < 4.78 is 53.1. The van der Waals surface area contributed by atoms with Gasteiger partial charge in [-0.3, -0.25) is 9.59 Å². The summed E-state index contributed by atoms with van der Waals surface area (Å²) in [6, 6.07) is 0. The van der Waals surface area contributed by atoms with E-state index in [2.05, 4.69) is 16.6 Å². The number of nitrogens with zero attached hydrogens (tertiary/aromatic N) is 1. The summed E-state index contributed by atoms with van der Waals surface area (Å²) in [4.78, 5) is 47.2. The highest BCUT2D eigenvalue weighted by Gasteiger charge is 2.49. The minimum Gasteiger partial charge on any atom is -0.464 e. The molecule has 0 bridgehead atoms. The zero-order valence-corrected chi connectivity index (χ0v) is 23.1. The van der Waals surface area contributed by atoms with Crippen molar-refractivity contribution in [3.8, 4) is 11.8 Å². The zero-order valence-electron chi connectivity index (χ0n) is 22.3. The first-order valence-electron chi connectivity index (χ1n) is 12.7. The van der Waals surface area contributed by atoms with Crippen molar-refractivity contribution in [1.29, 1.82) is 0 Å². The van der Waals surface area contributed by atoms with Gasteiger partial charge in [-0.1, -0.05) is 0 Å². The second kappa shape index (κ2) is 16.8. The predicted molar refractivity (Wildman–Crippen MR) is 135 cm³/mol. The SMILES string of the molecule is CC(=O)OCCN(CCOC(C)=O)C(=O)OCCOCCNS(=O)(=O)NC(=O)OC[C@@H]1[C@@H]2CCC#CCC[C@@H]21. The molecule has 1 saturated carbocycles. The van der Waals surface area contributed by atoms with Gasteiger partial charge < -0.3 is 28.6 Å². The molecule has 0 heterocycles. The van der Waals surface area contributed by atoms with Crippen molar-refractivity contribution in [2.24, 2.45) is 17.8 Å². The topological polar surface area (TPSA) is 176 Å². The van der Waals surface area contributed by atoms with Crippen molar-refractivity contribution < 1.29 is 51.3 Å². The first-order chi connectivity index (χ1) is 18.6. The lowest BCUT2D eigenvalue weighted by Gasteiger charge is -2.21. The van der Waals surface area contributed by atoms with Gasteiger partial charge in [-0.05, 0) is 30.6 Å². The molecule has 0 unspecified atom stereocenters. The van der Waals surface area contributed by atoms with E-state index in [0.29, 0.717) is 11.8 Å². The maximum absolute atomic E-state index is 12.2. The summed E-state index contributed by atoms with van der Waals surface area (Å²) in [5.41, 5.74) is 0. The van der Waals surface area contributed by atoms with E-state index >= 15 is 0 Å². The van der Waals surface area contributed by atoms with Crippen LogP contribution in [0.3, 0.4) is 0 Å². The summed E-state index contributed by atoms with van der Waals surface area (Å²) in [6.45, 7) is 2.25. The normalized spacial score (nSPS) is 19.6. The molecule has 0 aromatic heterocycles. The Hall–Kier alpha value is -3.09. The van der Waals surface area contributed by atoms with Crippen molar-refractivity contribution in [2.75, 3.05) is 59.3 Å². The first-order valence-corrected chi connectivity index (χ1v) is 14.2. The smallest absolute Gasteiger partial charge is 0.421 e. The summed E-state index contributed by atoms with van der Waals surface area (Å²) in [6.07, 6.45) is 1.83. The van der Waals surface area contributed by atoms with Crippen molar-refractivity contribution in [3.63, 3.8) is 0 Å². The Morgan fingerprint density at radius 1 is 0.821 bits per heavy atom. The van der Waals surface area contributed by atoms with Crippen molar-refractivity contribution in [1.82, 2.24) is 14.3 Å². The van der Waals surface area contributed by atoms with Crippen LogP contribution in [0.25, 0.3) is 0 Å². The van der Waals surface area contributed by atoms with Crippen molar-refractivity contribution in [2.45, 2.75) is 39.5 Å². The van der Waals surface area contributed by atoms with Crippen LogP contribution >= 0.6 is 0 Å². The average molecular weight is 576 g/mol. The fourth-order valence-electron chi connectivity index (χ4n) is 4.15. The number of ether oxygens (including phenoxy) is 5. The number of carbonyl (C=O) groups is 4. The Morgan fingerprint density at radius 2 is 1.41 bits per heavy atom. The number of esters is 2. The van der Waals surface area contributed by atoms with Gasteiger partial charge in [-0.25, -0.2) is 14.3 Å². The molecule has 15 heteroatoms. The largest absolute Gasteiger partial charge is 0.464 e. The molecule has 2 aliphatic carbocycles. The highest BCUT2D eigenvalue weighted by atomic mass is 32.2. The number of carbonyl (C=O) groups excluding carboxylic acids is 4. The Bertz CT molecular complexity index is 971. The van der Waals surface area contributed by atoms with E-state index < -0.39 is 34.3 Å². The van der Waals surface area contributed by atoms with Gasteiger partial charge in [0.2, 0.25) is 0 Å². The molecule has 0 aliphatic heterocycles. The van der Waals surface area contributed by atoms with Gasteiger partial charge in [-0.15, -0.1) is 11.8 Å². The maximum Gasteiger partial charge on any atom is 0.421 e. The van der Waals surface area contributed by atoms with Gasteiger partial charge in [0.15, 0.2) is 0 Å². The predicted octanol–water partition coefficient (Wildman–Crippen LogP) is 0.568. The van der Waals surface area contributed by atoms with E-state index in [9.17, 15) is 27.6 Å². The van der Waals surface area contributed by atoms with Crippen LogP contribution in [0, 0.1) is 29.6 Å². The van der Waals surface area contributed by atoms with Gasteiger partial charge in [0.25, 0.3) is 0 Å².